The first-order chi connectivity index (χ1) is 13.5. The number of nitrogens with zero attached hydrogens (tertiary/aromatic N) is 2. The summed E-state index contributed by atoms with van der Waals surface area (Å²) >= 11 is 1.50. The van der Waals surface area contributed by atoms with Crippen LogP contribution in [0.5, 0.6) is 5.75 Å². The van der Waals surface area contributed by atoms with Crippen molar-refractivity contribution in [2.75, 3.05) is 12.9 Å². The first-order valence-electron chi connectivity index (χ1n) is 8.93. The number of methoxy groups -OCH3 is 1. The number of carbonyl (C=O) groups is 1. The van der Waals surface area contributed by atoms with Crippen molar-refractivity contribution in [1.29, 1.82) is 0 Å². The van der Waals surface area contributed by atoms with Crippen molar-refractivity contribution in [2.24, 2.45) is 5.10 Å². The molecule has 0 bridgehead atoms. The minimum absolute atomic E-state index is 0.151. The van der Waals surface area contributed by atoms with Crippen LogP contribution in [0.3, 0.4) is 0 Å². The normalized spacial score (nSPS) is 11.1. The van der Waals surface area contributed by atoms with Crippen molar-refractivity contribution in [3.63, 3.8) is 0 Å². The minimum Gasteiger partial charge on any atom is -0.497 e. The van der Waals surface area contributed by atoms with E-state index < -0.39 is 0 Å². The SMILES string of the molecule is COc1ccc(/C=N/NC(=O)CSc2cc(C)nc3c(C)cc(C)cc23)cc1. The Bertz CT molecular complexity index is 1030. The van der Waals surface area contributed by atoms with Gasteiger partial charge in [-0.05, 0) is 68.3 Å². The third-order valence-corrected chi connectivity index (χ3v) is 5.27. The van der Waals surface area contributed by atoms with Crippen molar-refractivity contribution in [3.8, 4) is 5.75 Å². The number of ether oxygens (including phenoxy) is 1. The van der Waals surface area contributed by atoms with Crippen LogP contribution in [0.1, 0.15) is 22.4 Å². The molecule has 1 N–H and O–H groups in total. The quantitative estimate of drug-likeness (QED) is 0.383. The van der Waals surface area contributed by atoms with Gasteiger partial charge in [0.05, 0.1) is 24.6 Å². The number of fused-ring (bicyclic) bond motifs is 1. The van der Waals surface area contributed by atoms with Crippen LogP contribution in [-0.2, 0) is 4.79 Å². The second-order valence-electron chi connectivity index (χ2n) is 6.59. The van der Waals surface area contributed by atoms with Crippen LogP contribution in [-0.4, -0.2) is 30.0 Å². The molecule has 1 amide bonds. The zero-order valence-electron chi connectivity index (χ0n) is 16.4. The van der Waals surface area contributed by atoms with Gasteiger partial charge in [-0.15, -0.1) is 11.8 Å². The first-order valence-corrected chi connectivity index (χ1v) is 9.92. The lowest BCUT2D eigenvalue weighted by atomic mass is 10.1. The Morgan fingerprint density at radius 1 is 1.18 bits per heavy atom. The Kier molecular flexibility index (Phi) is 6.31. The Hall–Kier alpha value is -2.86. The lowest BCUT2D eigenvalue weighted by Gasteiger charge is -2.10. The molecule has 0 unspecified atom stereocenters. The molecule has 28 heavy (non-hydrogen) atoms. The van der Waals surface area contributed by atoms with Gasteiger partial charge in [0.15, 0.2) is 0 Å². The summed E-state index contributed by atoms with van der Waals surface area (Å²) in [5.41, 5.74) is 7.73. The summed E-state index contributed by atoms with van der Waals surface area (Å²) in [4.78, 5) is 17.9. The summed E-state index contributed by atoms with van der Waals surface area (Å²) in [7, 11) is 1.62. The Morgan fingerprint density at radius 2 is 1.93 bits per heavy atom. The van der Waals surface area contributed by atoms with Crippen LogP contribution in [0, 0.1) is 20.8 Å². The number of hydrogen-bond acceptors (Lipinski definition) is 5. The summed E-state index contributed by atoms with van der Waals surface area (Å²) in [5, 5.41) is 5.11. The fourth-order valence-corrected chi connectivity index (χ4v) is 3.85. The van der Waals surface area contributed by atoms with Gasteiger partial charge in [0.2, 0.25) is 5.91 Å². The molecule has 0 saturated carbocycles. The Balaban J connectivity index is 1.65. The number of benzene rings is 2. The van der Waals surface area contributed by atoms with Crippen molar-refractivity contribution >= 4 is 34.8 Å². The maximum Gasteiger partial charge on any atom is 0.250 e. The van der Waals surface area contributed by atoms with Gasteiger partial charge in [-0.1, -0.05) is 11.6 Å². The molecular weight excluding hydrogens is 370 g/mol. The van der Waals surface area contributed by atoms with Crippen LogP contribution in [0.2, 0.25) is 0 Å². The highest BCUT2D eigenvalue weighted by atomic mass is 32.2. The van der Waals surface area contributed by atoms with Crippen LogP contribution < -0.4 is 10.2 Å². The molecule has 0 radical (unpaired) electrons. The predicted molar refractivity (Wildman–Crippen MR) is 115 cm³/mol. The van der Waals surface area contributed by atoms with Crippen LogP contribution >= 0.6 is 11.8 Å². The Morgan fingerprint density at radius 3 is 2.64 bits per heavy atom. The number of aromatic nitrogens is 1. The smallest absolute Gasteiger partial charge is 0.250 e. The lowest BCUT2D eigenvalue weighted by Crippen LogP contribution is -2.19. The zero-order valence-corrected chi connectivity index (χ0v) is 17.3. The highest BCUT2D eigenvalue weighted by Crippen LogP contribution is 2.30. The summed E-state index contributed by atoms with van der Waals surface area (Å²) in [6.45, 7) is 6.11. The molecule has 1 aromatic heterocycles. The van der Waals surface area contributed by atoms with Crippen LogP contribution in [0.15, 0.2) is 52.5 Å². The molecule has 5 nitrogen and oxygen atoms in total. The first kappa shape index (κ1) is 19.9. The van der Waals surface area contributed by atoms with Crippen molar-refractivity contribution in [2.45, 2.75) is 25.7 Å². The van der Waals surface area contributed by atoms with Crippen LogP contribution in [0.4, 0.5) is 0 Å². The largest absolute Gasteiger partial charge is 0.497 e. The third kappa shape index (κ3) is 4.89. The van der Waals surface area contributed by atoms with E-state index in [4.69, 9.17) is 4.74 Å². The van der Waals surface area contributed by atoms with Crippen molar-refractivity contribution in [1.82, 2.24) is 10.4 Å². The van der Waals surface area contributed by atoms with E-state index in [1.54, 1.807) is 13.3 Å². The summed E-state index contributed by atoms with van der Waals surface area (Å²) in [5.74, 6) is 0.913. The number of amides is 1. The molecule has 0 aliphatic rings. The summed E-state index contributed by atoms with van der Waals surface area (Å²) in [6, 6.07) is 13.7. The van der Waals surface area contributed by atoms with Crippen molar-refractivity contribution < 1.29 is 9.53 Å². The van der Waals surface area contributed by atoms with Crippen molar-refractivity contribution in [3.05, 3.63) is 64.8 Å². The number of pyridine rings is 1. The van der Waals surface area contributed by atoms with Gasteiger partial charge in [0.25, 0.3) is 0 Å². The molecule has 0 aliphatic carbocycles. The van der Waals surface area contributed by atoms with Gasteiger partial charge in [0, 0.05) is 16.0 Å². The number of hydrogen-bond donors (Lipinski definition) is 1. The van der Waals surface area contributed by atoms with E-state index in [0.717, 1.165) is 38.4 Å². The fourth-order valence-electron chi connectivity index (χ4n) is 2.94. The van der Waals surface area contributed by atoms with Gasteiger partial charge in [-0.2, -0.15) is 5.10 Å². The number of aryl methyl sites for hydroxylation is 3. The molecule has 0 atom stereocenters. The molecular formula is C22H23N3O2S. The van der Waals surface area contributed by atoms with E-state index in [0.29, 0.717) is 0 Å². The van der Waals surface area contributed by atoms with Gasteiger partial charge in [0.1, 0.15) is 5.75 Å². The number of rotatable bonds is 6. The molecule has 3 aromatic rings. The monoisotopic (exact) mass is 393 g/mol. The van der Waals surface area contributed by atoms with Crippen LogP contribution in [0.25, 0.3) is 10.9 Å². The minimum atomic E-state index is -0.151. The van der Waals surface area contributed by atoms with E-state index in [2.05, 4.69) is 41.5 Å². The molecule has 3 rings (SSSR count). The average Bonchev–Trinajstić information content (AvgIpc) is 2.67. The number of hydrazone groups is 1. The second kappa shape index (κ2) is 8.89. The maximum absolute atomic E-state index is 12.2. The van der Waals surface area contributed by atoms with Gasteiger partial charge in [-0.3, -0.25) is 9.78 Å². The van der Waals surface area contributed by atoms with E-state index in [9.17, 15) is 4.79 Å². The standard InChI is InChI=1S/C22H23N3O2S/c1-14-9-15(2)22-19(10-14)20(11-16(3)24-22)28-13-21(26)25-23-12-17-5-7-18(27-4)8-6-17/h5-12H,13H2,1-4H3,(H,25,26)/b23-12+. The molecule has 144 valence electrons. The number of thioether (sulfide) groups is 1. The molecule has 2 aromatic carbocycles. The van der Waals surface area contributed by atoms with E-state index in [1.165, 1.54) is 17.3 Å². The Labute approximate surface area is 169 Å². The number of nitrogens with one attached hydrogen (secondary N) is 1. The molecule has 0 aliphatic heterocycles. The summed E-state index contributed by atoms with van der Waals surface area (Å²) in [6.07, 6.45) is 1.61. The highest BCUT2D eigenvalue weighted by molar-refractivity contribution is 8.00. The number of carbonyl (C=O) groups excluding carboxylic acids is 1. The molecule has 0 fully saturated rings. The molecule has 1 heterocycles. The molecule has 0 spiro atoms. The molecule has 0 saturated heterocycles. The highest BCUT2D eigenvalue weighted by Gasteiger charge is 2.10. The zero-order chi connectivity index (χ0) is 20.1. The predicted octanol–water partition coefficient (Wildman–Crippen LogP) is 4.41. The fraction of sp³-hybridized carbons (Fsp3) is 0.227. The second-order valence-corrected chi connectivity index (χ2v) is 7.61. The molecule has 6 heteroatoms. The van der Waals surface area contributed by atoms with Gasteiger partial charge >= 0.3 is 0 Å². The summed E-state index contributed by atoms with van der Waals surface area (Å²) < 4.78 is 5.12. The van der Waals surface area contributed by atoms with E-state index >= 15 is 0 Å². The third-order valence-electron chi connectivity index (χ3n) is 4.22. The lowest BCUT2D eigenvalue weighted by molar-refractivity contribution is -0.118. The maximum atomic E-state index is 12.2. The van der Waals surface area contributed by atoms with E-state index in [-0.39, 0.29) is 11.7 Å². The van der Waals surface area contributed by atoms with Gasteiger partial charge in [-0.25, -0.2) is 5.43 Å². The topological polar surface area (TPSA) is 63.6 Å². The average molecular weight is 394 g/mol. The van der Waals surface area contributed by atoms with E-state index in [1.807, 2.05) is 37.3 Å². The van der Waals surface area contributed by atoms with Gasteiger partial charge < -0.3 is 4.74 Å².